The summed E-state index contributed by atoms with van der Waals surface area (Å²) in [6.07, 6.45) is 4.79. The summed E-state index contributed by atoms with van der Waals surface area (Å²) in [5.74, 6) is -0.501. The lowest BCUT2D eigenvalue weighted by atomic mass is 10.1. The third kappa shape index (κ3) is 4.02. The molecule has 1 atom stereocenters. The number of pyridine rings is 1. The number of rotatable bonds is 5. The Hall–Kier alpha value is -2.34. The number of carbonyl (C=O) groups is 2. The van der Waals surface area contributed by atoms with Gasteiger partial charge in [-0.05, 0) is 42.5 Å². The number of nitrogens with zero attached hydrogens (tertiary/aromatic N) is 2. The van der Waals surface area contributed by atoms with Crippen LogP contribution in [0.1, 0.15) is 18.9 Å². The van der Waals surface area contributed by atoms with Crippen molar-refractivity contribution in [3.8, 4) is 0 Å². The van der Waals surface area contributed by atoms with Gasteiger partial charge in [0.1, 0.15) is 0 Å². The number of nitrogens with one attached hydrogen (secondary N) is 1. The minimum absolute atomic E-state index is 0.0137. The molecule has 1 N–H and O–H groups in total. The highest BCUT2D eigenvalue weighted by Crippen LogP contribution is 2.26. The van der Waals surface area contributed by atoms with Crippen LogP contribution in [0.5, 0.6) is 0 Å². The third-order valence-electron chi connectivity index (χ3n) is 4.37. The van der Waals surface area contributed by atoms with Crippen LogP contribution in [-0.2, 0) is 16.0 Å². The number of carbonyl (C=O) groups excluding carboxylic acids is 2. The van der Waals surface area contributed by atoms with Crippen LogP contribution in [0.3, 0.4) is 0 Å². The van der Waals surface area contributed by atoms with Gasteiger partial charge in [0, 0.05) is 18.7 Å². The molecule has 1 aliphatic rings. The van der Waals surface area contributed by atoms with E-state index in [2.05, 4.69) is 17.2 Å². The molecule has 0 spiro atoms. The van der Waals surface area contributed by atoms with Gasteiger partial charge in [-0.3, -0.25) is 9.59 Å². The summed E-state index contributed by atoms with van der Waals surface area (Å²) in [6.45, 7) is 2.50. The summed E-state index contributed by atoms with van der Waals surface area (Å²) in [4.78, 5) is 30.7. The summed E-state index contributed by atoms with van der Waals surface area (Å²) in [6, 6.07) is 11.6. The van der Waals surface area contributed by atoms with Crippen LogP contribution in [0.4, 0.5) is 11.4 Å². The zero-order chi connectivity index (χ0) is 17.8. The van der Waals surface area contributed by atoms with E-state index in [1.54, 1.807) is 22.9 Å². The topological polar surface area (TPSA) is 62.3 Å². The number of amides is 2. The zero-order valence-corrected chi connectivity index (χ0v) is 15.2. The van der Waals surface area contributed by atoms with Crippen molar-refractivity contribution in [3.63, 3.8) is 0 Å². The van der Waals surface area contributed by atoms with Gasteiger partial charge in [-0.1, -0.05) is 19.1 Å². The Morgan fingerprint density at radius 1 is 1.28 bits per heavy atom. The summed E-state index contributed by atoms with van der Waals surface area (Å²) in [5.41, 5.74) is 2.73. The highest BCUT2D eigenvalue weighted by Gasteiger charge is 2.35. The van der Waals surface area contributed by atoms with E-state index < -0.39 is 0 Å². The highest BCUT2D eigenvalue weighted by atomic mass is 32.2. The van der Waals surface area contributed by atoms with Crippen LogP contribution in [0, 0.1) is 5.92 Å². The average molecular weight is 355 g/mol. The van der Waals surface area contributed by atoms with E-state index in [1.807, 2.05) is 42.7 Å². The fourth-order valence-electron chi connectivity index (χ4n) is 2.86. The lowest BCUT2D eigenvalue weighted by Gasteiger charge is -2.17. The number of anilines is 2. The fourth-order valence-corrected chi connectivity index (χ4v) is 3.23. The second kappa shape index (κ2) is 7.70. The fraction of sp³-hybridized carbons (Fsp3) is 0.316. The predicted octanol–water partition coefficient (Wildman–Crippen LogP) is 3.36. The molecule has 1 aromatic heterocycles. The van der Waals surface area contributed by atoms with E-state index >= 15 is 0 Å². The minimum atomic E-state index is -0.349. The number of benzene rings is 1. The lowest BCUT2D eigenvalue weighted by Crippen LogP contribution is -2.28. The Morgan fingerprint density at radius 3 is 2.64 bits per heavy atom. The van der Waals surface area contributed by atoms with E-state index in [0.717, 1.165) is 17.1 Å². The molecule has 6 heteroatoms. The molecular formula is C19H21N3O2S. The van der Waals surface area contributed by atoms with Crippen molar-refractivity contribution in [2.24, 2.45) is 5.92 Å². The second-order valence-corrected chi connectivity index (χ2v) is 6.83. The first-order valence-corrected chi connectivity index (χ1v) is 9.53. The monoisotopic (exact) mass is 355 g/mol. The number of hydrogen-bond acceptors (Lipinski definition) is 4. The number of aryl methyl sites for hydroxylation is 1. The Morgan fingerprint density at radius 2 is 2.04 bits per heavy atom. The van der Waals surface area contributed by atoms with E-state index in [-0.39, 0.29) is 24.2 Å². The first-order valence-electron chi connectivity index (χ1n) is 8.31. The second-order valence-electron chi connectivity index (χ2n) is 6.00. The van der Waals surface area contributed by atoms with E-state index in [0.29, 0.717) is 12.2 Å². The van der Waals surface area contributed by atoms with Gasteiger partial charge in [0.25, 0.3) is 0 Å². The van der Waals surface area contributed by atoms with Crippen LogP contribution in [0.25, 0.3) is 0 Å². The first kappa shape index (κ1) is 17.5. The van der Waals surface area contributed by atoms with Crippen LogP contribution in [0.2, 0.25) is 0 Å². The summed E-state index contributed by atoms with van der Waals surface area (Å²) < 4.78 is 0. The van der Waals surface area contributed by atoms with Gasteiger partial charge in [-0.2, -0.15) is 0 Å². The number of hydrogen-bond donors (Lipinski definition) is 1. The molecule has 0 radical (unpaired) electrons. The number of aromatic nitrogens is 1. The maximum atomic E-state index is 12.5. The van der Waals surface area contributed by atoms with Crippen LogP contribution in [0.15, 0.2) is 47.6 Å². The molecule has 1 unspecified atom stereocenters. The molecule has 2 heterocycles. The number of thioether (sulfide) groups is 1. The normalized spacial score (nSPS) is 17.0. The van der Waals surface area contributed by atoms with Crippen LogP contribution >= 0.6 is 11.8 Å². The molecular weight excluding hydrogens is 334 g/mol. The molecule has 2 amide bonds. The van der Waals surface area contributed by atoms with E-state index in [4.69, 9.17) is 0 Å². The van der Waals surface area contributed by atoms with Crippen molar-refractivity contribution < 1.29 is 9.59 Å². The summed E-state index contributed by atoms with van der Waals surface area (Å²) in [7, 11) is 0. The lowest BCUT2D eigenvalue weighted by molar-refractivity contribution is -0.122. The van der Waals surface area contributed by atoms with Crippen molar-refractivity contribution in [3.05, 3.63) is 48.2 Å². The van der Waals surface area contributed by atoms with Crippen molar-refractivity contribution in [1.29, 1.82) is 0 Å². The Balaban J connectivity index is 1.65. The Bertz CT molecular complexity index is 759. The minimum Gasteiger partial charge on any atom is -0.324 e. The van der Waals surface area contributed by atoms with Crippen molar-refractivity contribution in [2.75, 3.05) is 23.0 Å². The Kier molecular flexibility index (Phi) is 5.38. The van der Waals surface area contributed by atoms with Crippen molar-refractivity contribution in [1.82, 2.24) is 4.98 Å². The SMILES string of the molecule is CCc1ccc(N2CC(C(=O)Nc3ccc(SC)nc3)CC2=O)cc1. The maximum Gasteiger partial charge on any atom is 0.229 e. The third-order valence-corrected chi connectivity index (χ3v) is 5.02. The summed E-state index contributed by atoms with van der Waals surface area (Å²) >= 11 is 1.55. The quantitative estimate of drug-likeness (QED) is 0.836. The van der Waals surface area contributed by atoms with Gasteiger partial charge in [-0.15, -0.1) is 11.8 Å². The van der Waals surface area contributed by atoms with Gasteiger partial charge >= 0.3 is 0 Å². The van der Waals surface area contributed by atoms with Gasteiger partial charge in [-0.25, -0.2) is 4.98 Å². The van der Waals surface area contributed by atoms with E-state index in [1.165, 1.54) is 5.56 Å². The molecule has 2 aromatic rings. The van der Waals surface area contributed by atoms with Gasteiger partial charge in [0.15, 0.2) is 0 Å². The van der Waals surface area contributed by atoms with Gasteiger partial charge in [0.05, 0.1) is 22.8 Å². The van der Waals surface area contributed by atoms with Crippen molar-refractivity contribution >= 4 is 35.0 Å². The van der Waals surface area contributed by atoms with Crippen LogP contribution in [-0.4, -0.2) is 29.6 Å². The standard InChI is InChI=1S/C19H21N3O2S/c1-3-13-4-7-16(8-5-13)22-12-14(10-18(22)23)19(24)21-15-6-9-17(25-2)20-11-15/h4-9,11,14H,3,10,12H2,1-2H3,(H,21,24). The molecule has 0 saturated carbocycles. The molecule has 0 aliphatic carbocycles. The zero-order valence-electron chi connectivity index (χ0n) is 14.4. The highest BCUT2D eigenvalue weighted by molar-refractivity contribution is 7.98. The van der Waals surface area contributed by atoms with Gasteiger partial charge in [0.2, 0.25) is 11.8 Å². The molecule has 1 saturated heterocycles. The molecule has 130 valence electrons. The van der Waals surface area contributed by atoms with Crippen LogP contribution < -0.4 is 10.2 Å². The van der Waals surface area contributed by atoms with E-state index in [9.17, 15) is 9.59 Å². The molecule has 1 aromatic carbocycles. The molecule has 1 aliphatic heterocycles. The summed E-state index contributed by atoms with van der Waals surface area (Å²) in [5, 5.41) is 3.76. The molecule has 5 nitrogen and oxygen atoms in total. The maximum absolute atomic E-state index is 12.5. The smallest absolute Gasteiger partial charge is 0.229 e. The predicted molar refractivity (Wildman–Crippen MR) is 101 cm³/mol. The first-order chi connectivity index (χ1) is 12.1. The van der Waals surface area contributed by atoms with Crippen molar-refractivity contribution in [2.45, 2.75) is 24.8 Å². The average Bonchev–Trinajstić information content (AvgIpc) is 3.04. The molecule has 25 heavy (non-hydrogen) atoms. The molecule has 0 bridgehead atoms. The molecule has 1 fully saturated rings. The largest absolute Gasteiger partial charge is 0.324 e. The Labute approximate surface area is 151 Å². The molecule has 3 rings (SSSR count). The van der Waals surface area contributed by atoms with Gasteiger partial charge < -0.3 is 10.2 Å².